The zero-order valence-electron chi connectivity index (χ0n) is 23.1. The standard InChI is InChI=1S/C27H42N2O6Si/c1-11-13-27(7)20(18-15-28(16-18)25(32)34-14-12-2)21(24(31)33-8)29-22(27)19(23(29)30)17(3)35-36(9,10)26(4,5)6/h11-12,17-19,22H,1-2,13-16H2,3-10H3/t17-,19-,22-,27?/m1/s1. The Hall–Kier alpha value is -2.39. The van der Waals surface area contributed by atoms with Gasteiger partial charge in [0.25, 0.3) is 0 Å². The zero-order chi connectivity index (χ0) is 27.2. The number of fused-ring (bicyclic) bond motifs is 1. The molecule has 3 rings (SSSR count). The molecule has 3 heterocycles. The molecule has 2 amide bonds. The number of methoxy groups -OCH3 is 1. The molecule has 3 aliphatic heterocycles. The monoisotopic (exact) mass is 518 g/mol. The fourth-order valence-corrected chi connectivity index (χ4v) is 7.13. The Morgan fingerprint density at radius 2 is 1.83 bits per heavy atom. The Morgan fingerprint density at radius 3 is 2.33 bits per heavy atom. The van der Waals surface area contributed by atoms with E-state index < -0.39 is 25.8 Å². The van der Waals surface area contributed by atoms with Crippen LogP contribution >= 0.6 is 0 Å². The van der Waals surface area contributed by atoms with Crippen molar-refractivity contribution in [2.45, 2.75) is 71.3 Å². The number of carbonyl (C=O) groups is 3. The lowest BCUT2D eigenvalue weighted by atomic mass is 9.63. The molecular formula is C27H42N2O6Si. The number of allylic oxidation sites excluding steroid dienone is 1. The van der Waals surface area contributed by atoms with E-state index in [0.29, 0.717) is 25.2 Å². The minimum absolute atomic E-state index is 0.00399. The number of nitrogens with zero attached hydrogens (tertiary/aromatic N) is 2. The Bertz CT molecular complexity index is 977. The summed E-state index contributed by atoms with van der Waals surface area (Å²) in [5.41, 5.74) is 0.649. The van der Waals surface area contributed by atoms with Crippen molar-refractivity contribution in [2.75, 3.05) is 26.8 Å². The summed E-state index contributed by atoms with van der Waals surface area (Å²) in [5, 5.41) is 0.00399. The van der Waals surface area contributed by atoms with E-state index in [9.17, 15) is 14.4 Å². The maximum absolute atomic E-state index is 13.6. The molecular weight excluding hydrogens is 476 g/mol. The molecule has 0 radical (unpaired) electrons. The number of rotatable bonds is 9. The van der Waals surface area contributed by atoms with Gasteiger partial charge < -0.3 is 23.7 Å². The second-order valence-electron chi connectivity index (χ2n) is 11.9. The van der Waals surface area contributed by atoms with Crippen LogP contribution in [0.3, 0.4) is 0 Å². The highest BCUT2D eigenvalue weighted by molar-refractivity contribution is 6.74. The van der Waals surface area contributed by atoms with Crippen LogP contribution in [0.25, 0.3) is 0 Å². The van der Waals surface area contributed by atoms with E-state index in [1.54, 1.807) is 9.80 Å². The van der Waals surface area contributed by atoms with Crippen LogP contribution in [-0.4, -0.2) is 75.0 Å². The minimum atomic E-state index is -2.13. The van der Waals surface area contributed by atoms with E-state index >= 15 is 0 Å². The van der Waals surface area contributed by atoms with Crippen molar-refractivity contribution in [3.63, 3.8) is 0 Å². The second kappa shape index (κ2) is 9.82. The third-order valence-electron chi connectivity index (χ3n) is 8.52. The molecule has 2 saturated heterocycles. The number of hydrogen-bond acceptors (Lipinski definition) is 6. The summed E-state index contributed by atoms with van der Waals surface area (Å²) in [5.74, 6) is -1.11. The van der Waals surface area contributed by atoms with Crippen molar-refractivity contribution in [3.05, 3.63) is 36.6 Å². The molecule has 36 heavy (non-hydrogen) atoms. The lowest BCUT2D eigenvalue weighted by molar-refractivity contribution is -0.166. The van der Waals surface area contributed by atoms with Crippen molar-refractivity contribution in [3.8, 4) is 0 Å². The lowest BCUT2D eigenvalue weighted by Crippen LogP contribution is -2.67. The Balaban J connectivity index is 1.95. The topological polar surface area (TPSA) is 85.4 Å². The number of carbonyl (C=O) groups excluding carboxylic acids is 3. The van der Waals surface area contributed by atoms with Crippen molar-refractivity contribution < 1.29 is 28.3 Å². The van der Waals surface area contributed by atoms with Crippen LogP contribution in [0, 0.1) is 17.3 Å². The summed E-state index contributed by atoms with van der Waals surface area (Å²) >= 11 is 0. The van der Waals surface area contributed by atoms with Crippen LogP contribution in [0.5, 0.6) is 0 Å². The first-order valence-corrected chi connectivity index (χ1v) is 15.5. The van der Waals surface area contributed by atoms with Gasteiger partial charge in [-0.25, -0.2) is 9.59 Å². The quantitative estimate of drug-likeness (QED) is 0.193. The summed E-state index contributed by atoms with van der Waals surface area (Å²) in [6.45, 7) is 23.5. The molecule has 0 aromatic rings. The molecule has 1 unspecified atom stereocenters. The van der Waals surface area contributed by atoms with Crippen LogP contribution in [0.1, 0.15) is 41.0 Å². The van der Waals surface area contributed by atoms with Gasteiger partial charge in [-0.05, 0) is 37.0 Å². The normalized spacial score (nSPS) is 27.2. The highest BCUT2D eigenvalue weighted by Crippen LogP contribution is 2.59. The fraction of sp³-hybridized carbons (Fsp3) is 0.667. The Morgan fingerprint density at radius 1 is 1.22 bits per heavy atom. The summed E-state index contributed by atoms with van der Waals surface area (Å²) in [6.07, 6.45) is 3.23. The number of β-lactam (4-membered cyclic amide) rings is 1. The predicted molar refractivity (Wildman–Crippen MR) is 140 cm³/mol. The van der Waals surface area contributed by atoms with Crippen molar-refractivity contribution in [1.82, 2.24) is 9.80 Å². The van der Waals surface area contributed by atoms with Crippen molar-refractivity contribution in [1.29, 1.82) is 0 Å². The molecule has 200 valence electrons. The van der Waals surface area contributed by atoms with E-state index in [-0.39, 0.29) is 41.5 Å². The average molecular weight is 519 g/mol. The van der Waals surface area contributed by atoms with Crippen molar-refractivity contribution in [2.24, 2.45) is 17.3 Å². The number of likely N-dealkylation sites (tertiary alicyclic amines) is 1. The van der Waals surface area contributed by atoms with Crippen molar-refractivity contribution >= 4 is 26.3 Å². The van der Waals surface area contributed by atoms with E-state index in [0.717, 1.165) is 5.57 Å². The molecule has 3 aliphatic rings. The first-order chi connectivity index (χ1) is 16.7. The third kappa shape index (κ3) is 4.45. The molecule has 2 fully saturated rings. The second-order valence-corrected chi connectivity index (χ2v) is 16.7. The number of esters is 1. The van der Waals surface area contributed by atoms with Gasteiger partial charge in [-0.2, -0.15) is 0 Å². The molecule has 9 heteroatoms. The first kappa shape index (κ1) is 28.2. The van der Waals surface area contributed by atoms with Gasteiger partial charge in [0.2, 0.25) is 5.91 Å². The van der Waals surface area contributed by atoms with Crippen LogP contribution in [-0.2, 0) is 23.5 Å². The molecule has 8 nitrogen and oxygen atoms in total. The average Bonchev–Trinajstić information content (AvgIpc) is 2.95. The van der Waals surface area contributed by atoms with Gasteiger partial charge >= 0.3 is 12.1 Å². The summed E-state index contributed by atoms with van der Waals surface area (Å²) in [7, 11) is -0.797. The highest BCUT2D eigenvalue weighted by atomic mass is 28.4. The van der Waals surface area contributed by atoms with Crippen LogP contribution in [0.2, 0.25) is 18.1 Å². The first-order valence-electron chi connectivity index (χ1n) is 12.6. The molecule has 0 N–H and O–H groups in total. The molecule has 0 aromatic heterocycles. The van der Waals surface area contributed by atoms with Gasteiger partial charge in [-0.3, -0.25) is 4.79 Å². The zero-order valence-corrected chi connectivity index (χ0v) is 24.1. The lowest BCUT2D eigenvalue weighted by Gasteiger charge is -2.54. The maximum Gasteiger partial charge on any atom is 0.410 e. The summed E-state index contributed by atoms with van der Waals surface area (Å²) in [6, 6.07) is -0.242. The van der Waals surface area contributed by atoms with Gasteiger partial charge in [0.1, 0.15) is 12.3 Å². The molecule has 4 atom stereocenters. The number of hydrogen-bond donors (Lipinski definition) is 0. The summed E-state index contributed by atoms with van der Waals surface area (Å²) in [4.78, 5) is 42.2. The third-order valence-corrected chi connectivity index (χ3v) is 13.1. The molecule has 0 spiro atoms. The van der Waals surface area contributed by atoms with E-state index in [2.05, 4.69) is 53.9 Å². The minimum Gasteiger partial charge on any atom is -0.464 e. The highest BCUT2D eigenvalue weighted by Gasteiger charge is 2.67. The Kier molecular flexibility index (Phi) is 7.68. The smallest absolute Gasteiger partial charge is 0.410 e. The number of amides is 2. The van der Waals surface area contributed by atoms with E-state index in [1.165, 1.54) is 13.2 Å². The van der Waals surface area contributed by atoms with E-state index in [1.807, 2.05) is 13.0 Å². The van der Waals surface area contributed by atoms with Gasteiger partial charge in [-0.1, -0.05) is 46.4 Å². The molecule has 0 saturated carbocycles. The van der Waals surface area contributed by atoms with Gasteiger partial charge in [0, 0.05) is 24.4 Å². The maximum atomic E-state index is 13.6. The summed E-state index contributed by atoms with van der Waals surface area (Å²) < 4.78 is 17.0. The largest absolute Gasteiger partial charge is 0.464 e. The van der Waals surface area contributed by atoms with Gasteiger partial charge in [0.05, 0.1) is 25.2 Å². The number of ether oxygens (including phenoxy) is 2. The molecule has 0 aliphatic carbocycles. The van der Waals surface area contributed by atoms with Gasteiger partial charge in [0.15, 0.2) is 8.32 Å². The van der Waals surface area contributed by atoms with Crippen LogP contribution in [0.4, 0.5) is 4.79 Å². The van der Waals surface area contributed by atoms with Crippen LogP contribution < -0.4 is 0 Å². The van der Waals surface area contributed by atoms with Crippen LogP contribution in [0.15, 0.2) is 36.6 Å². The van der Waals surface area contributed by atoms with Gasteiger partial charge in [-0.15, -0.1) is 6.58 Å². The predicted octanol–water partition coefficient (Wildman–Crippen LogP) is 4.50. The SMILES string of the molecule is C=CCOC(=O)N1CC(C2=C(C(=O)OC)N3C(=O)[C@H]([C@@H](C)O[Si](C)(C)C(C)(C)C)[C@@H]3C2(C)CC=C)C1. The fourth-order valence-electron chi connectivity index (χ4n) is 5.70. The molecule has 0 bridgehead atoms. The Labute approximate surface area is 216 Å². The van der Waals surface area contributed by atoms with E-state index in [4.69, 9.17) is 13.9 Å². The molecule has 0 aromatic carbocycles.